The zero-order valence-electron chi connectivity index (χ0n) is 11.3. The molecule has 0 aromatic carbocycles. The van der Waals surface area contributed by atoms with Gasteiger partial charge in [0.1, 0.15) is 5.78 Å². The number of hydrogen-bond donors (Lipinski definition) is 0. The molecule has 2 fully saturated rings. The van der Waals surface area contributed by atoms with E-state index in [-0.39, 0.29) is 0 Å². The van der Waals surface area contributed by atoms with Crippen LogP contribution in [0.4, 0.5) is 0 Å². The summed E-state index contributed by atoms with van der Waals surface area (Å²) in [6.45, 7) is 5.78. The molecule has 1 saturated heterocycles. The lowest BCUT2D eigenvalue weighted by atomic mass is 9.81. The van der Waals surface area contributed by atoms with E-state index in [1.54, 1.807) is 0 Å². The highest BCUT2D eigenvalue weighted by Gasteiger charge is 2.27. The van der Waals surface area contributed by atoms with E-state index < -0.39 is 0 Å². The van der Waals surface area contributed by atoms with Crippen LogP contribution in [-0.4, -0.2) is 30.3 Å². The summed E-state index contributed by atoms with van der Waals surface area (Å²) in [6.07, 6.45) is 9.92. The molecule has 2 heteroatoms. The van der Waals surface area contributed by atoms with Crippen molar-refractivity contribution in [3.05, 3.63) is 0 Å². The quantitative estimate of drug-likeness (QED) is 0.734. The van der Waals surface area contributed by atoms with Crippen molar-refractivity contribution in [2.24, 2.45) is 11.8 Å². The molecule has 1 saturated carbocycles. The van der Waals surface area contributed by atoms with Crippen LogP contribution in [0.3, 0.4) is 0 Å². The summed E-state index contributed by atoms with van der Waals surface area (Å²) in [4.78, 5) is 14.5. The molecule has 1 aliphatic carbocycles. The summed E-state index contributed by atoms with van der Waals surface area (Å²) in [5, 5.41) is 0. The number of rotatable bonds is 2. The maximum Gasteiger partial charge on any atom is 0.137 e. The number of likely N-dealkylation sites (tertiary alicyclic amines) is 1. The largest absolute Gasteiger partial charge is 0.303 e. The second-order valence-electron chi connectivity index (χ2n) is 6.11. The van der Waals surface area contributed by atoms with Gasteiger partial charge in [0.25, 0.3) is 0 Å². The first-order chi connectivity index (χ1) is 8.25. The fourth-order valence-corrected chi connectivity index (χ4v) is 3.31. The van der Waals surface area contributed by atoms with Gasteiger partial charge in [0.05, 0.1) is 0 Å². The molecule has 1 heterocycles. The first kappa shape index (κ1) is 13.1. The lowest BCUT2D eigenvalue weighted by Gasteiger charge is -2.32. The van der Waals surface area contributed by atoms with Crippen molar-refractivity contribution in [1.29, 1.82) is 0 Å². The zero-order chi connectivity index (χ0) is 12.1. The van der Waals surface area contributed by atoms with Gasteiger partial charge in [-0.25, -0.2) is 0 Å². The Morgan fingerprint density at radius 1 is 1.12 bits per heavy atom. The molecular weight excluding hydrogens is 210 g/mol. The van der Waals surface area contributed by atoms with Crippen molar-refractivity contribution < 1.29 is 4.79 Å². The van der Waals surface area contributed by atoms with E-state index in [1.807, 2.05) is 0 Å². The molecule has 0 aromatic heterocycles. The predicted molar refractivity (Wildman–Crippen MR) is 71.0 cm³/mol. The van der Waals surface area contributed by atoms with Crippen molar-refractivity contribution in [1.82, 2.24) is 4.90 Å². The lowest BCUT2D eigenvalue weighted by Crippen LogP contribution is -2.37. The summed E-state index contributed by atoms with van der Waals surface area (Å²) in [7, 11) is 0. The molecule has 0 radical (unpaired) electrons. The molecule has 1 aliphatic heterocycles. The van der Waals surface area contributed by atoms with Crippen LogP contribution in [-0.2, 0) is 4.79 Å². The molecule has 2 aliphatic rings. The summed E-state index contributed by atoms with van der Waals surface area (Å²) in [5.41, 5.74) is 0. The molecule has 17 heavy (non-hydrogen) atoms. The number of Topliss-reactive ketones (excluding diaryl/α,β-unsaturated/α-hetero) is 1. The maximum atomic E-state index is 11.9. The maximum absolute atomic E-state index is 11.9. The second-order valence-corrected chi connectivity index (χ2v) is 6.11. The van der Waals surface area contributed by atoms with Crippen molar-refractivity contribution in [2.45, 2.75) is 58.3 Å². The molecule has 0 amide bonds. The van der Waals surface area contributed by atoms with Crippen molar-refractivity contribution in [3.8, 4) is 0 Å². The Morgan fingerprint density at radius 3 is 2.47 bits per heavy atom. The number of carbonyl (C=O) groups is 1. The van der Waals surface area contributed by atoms with Gasteiger partial charge in [0, 0.05) is 18.9 Å². The third-order valence-corrected chi connectivity index (χ3v) is 4.45. The standard InChI is InChI=1S/C15H27NO/c1-13-7-8-15(17)14(11-13)12-16-9-5-3-2-4-6-10-16/h13-14H,2-12H2,1H3. The minimum Gasteiger partial charge on any atom is -0.303 e. The molecule has 98 valence electrons. The first-order valence-electron chi connectivity index (χ1n) is 7.51. The Hall–Kier alpha value is -0.370. The van der Waals surface area contributed by atoms with E-state index in [2.05, 4.69) is 11.8 Å². The molecule has 2 atom stereocenters. The Balaban J connectivity index is 1.82. The summed E-state index contributed by atoms with van der Waals surface area (Å²) < 4.78 is 0. The van der Waals surface area contributed by atoms with Crippen LogP contribution in [0, 0.1) is 11.8 Å². The van der Waals surface area contributed by atoms with Crippen molar-refractivity contribution in [2.75, 3.05) is 19.6 Å². The molecular formula is C15H27NO. The summed E-state index contributed by atoms with van der Waals surface area (Å²) >= 11 is 0. The first-order valence-corrected chi connectivity index (χ1v) is 7.51. The summed E-state index contributed by atoms with van der Waals surface area (Å²) in [6, 6.07) is 0. The monoisotopic (exact) mass is 237 g/mol. The predicted octanol–water partition coefficient (Wildman–Crippen LogP) is 3.26. The van der Waals surface area contributed by atoms with Crippen LogP contribution in [0.15, 0.2) is 0 Å². The third kappa shape index (κ3) is 4.09. The van der Waals surface area contributed by atoms with Crippen LogP contribution < -0.4 is 0 Å². The van der Waals surface area contributed by atoms with Gasteiger partial charge in [-0.05, 0) is 44.7 Å². The summed E-state index contributed by atoms with van der Waals surface area (Å²) in [5.74, 6) is 1.63. The van der Waals surface area contributed by atoms with E-state index in [0.717, 1.165) is 31.7 Å². The molecule has 2 rings (SSSR count). The van der Waals surface area contributed by atoms with Crippen LogP contribution >= 0.6 is 0 Å². The smallest absolute Gasteiger partial charge is 0.137 e. The topological polar surface area (TPSA) is 20.3 Å². The Kier molecular flexibility index (Phi) is 5.02. The SMILES string of the molecule is CC1CCC(=O)C(CN2CCCCCCC2)C1. The van der Waals surface area contributed by atoms with Crippen molar-refractivity contribution >= 4 is 5.78 Å². The fourth-order valence-electron chi connectivity index (χ4n) is 3.31. The molecule has 0 spiro atoms. The van der Waals surface area contributed by atoms with E-state index in [0.29, 0.717) is 11.7 Å². The molecule has 2 unspecified atom stereocenters. The highest BCUT2D eigenvalue weighted by molar-refractivity contribution is 5.81. The average Bonchev–Trinajstić information content (AvgIpc) is 2.27. The van der Waals surface area contributed by atoms with E-state index in [1.165, 1.54) is 45.2 Å². The highest BCUT2D eigenvalue weighted by Crippen LogP contribution is 2.27. The van der Waals surface area contributed by atoms with Gasteiger partial charge in [-0.1, -0.05) is 26.2 Å². The number of carbonyl (C=O) groups excluding carboxylic acids is 1. The van der Waals surface area contributed by atoms with Gasteiger partial charge < -0.3 is 4.90 Å². The molecule has 0 aromatic rings. The zero-order valence-corrected chi connectivity index (χ0v) is 11.3. The minimum atomic E-state index is 0.346. The average molecular weight is 237 g/mol. The molecule has 0 bridgehead atoms. The van der Waals surface area contributed by atoms with Gasteiger partial charge in [-0.3, -0.25) is 4.79 Å². The van der Waals surface area contributed by atoms with Crippen LogP contribution in [0.2, 0.25) is 0 Å². The van der Waals surface area contributed by atoms with Gasteiger partial charge in [0.15, 0.2) is 0 Å². The second kappa shape index (κ2) is 6.53. The number of hydrogen-bond acceptors (Lipinski definition) is 2. The van der Waals surface area contributed by atoms with Crippen molar-refractivity contribution in [3.63, 3.8) is 0 Å². The van der Waals surface area contributed by atoms with Gasteiger partial charge in [-0.2, -0.15) is 0 Å². The van der Waals surface area contributed by atoms with Gasteiger partial charge >= 0.3 is 0 Å². The van der Waals surface area contributed by atoms with E-state index >= 15 is 0 Å². The molecule has 2 nitrogen and oxygen atoms in total. The third-order valence-electron chi connectivity index (χ3n) is 4.45. The van der Waals surface area contributed by atoms with Crippen LogP contribution in [0.25, 0.3) is 0 Å². The Bertz CT molecular complexity index is 243. The number of ketones is 1. The molecule has 0 N–H and O–H groups in total. The van der Waals surface area contributed by atoms with E-state index in [9.17, 15) is 4.79 Å². The Labute approximate surface area is 106 Å². The highest BCUT2D eigenvalue weighted by atomic mass is 16.1. The van der Waals surface area contributed by atoms with Gasteiger partial charge in [0.2, 0.25) is 0 Å². The normalized spacial score (nSPS) is 33.1. The van der Waals surface area contributed by atoms with Crippen LogP contribution in [0.1, 0.15) is 58.3 Å². The van der Waals surface area contributed by atoms with Crippen LogP contribution in [0.5, 0.6) is 0 Å². The lowest BCUT2D eigenvalue weighted by molar-refractivity contribution is -0.126. The van der Waals surface area contributed by atoms with Gasteiger partial charge in [-0.15, -0.1) is 0 Å². The van der Waals surface area contributed by atoms with E-state index in [4.69, 9.17) is 0 Å². The fraction of sp³-hybridized carbons (Fsp3) is 0.933. The minimum absolute atomic E-state index is 0.346. The Morgan fingerprint density at radius 2 is 1.76 bits per heavy atom. The number of nitrogens with zero attached hydrogens (tertiary/aromatic N) is 1.